The van der Waals surface area contributed by atoms with Crippen molar-refractivity contribution in [3.63, 3.8) is 0 Å². The minimum absolute atomic E-state index is 0.0336. The zero-order valence-electron chi connectivity index (χ0n) is 15.2. The molecule has 1 aliphatic heterocycles. The number of aromatic nitrogens is 3. The fourth-order valence-corrected chi connectivity index (χ4v) is 3.37. The van der Waals surface area contributed by atoms with Crippen LogP contribution in [0.15, 0.2) is 65.7 Å². The second-order valence-electron chi connectivity index (χ2n) is 6.59. The highest BCUT2D eigenvalue weighted by Gasteiger charge is 2.32. The van der Waals surface area contributed by atoms with Gasteiger partial charge in [0.15, 0.2) is 0 Å². The highest BCUT2D eigenvalue weighted by atomic mass is 16.5. The molecule has 7 heteroatoms. The van der Waals surface area contributed by atoms with E-state index in [-0.39, 0.29) is 24.1 Å². The average Bonchev–Trinajstić information content (AvgIpc) is 3.23. The number of amides is 1. The molecule has 2 aromatic heterocycles. The van der Waals surface area contributed by atoms with E-state index >= 15 is 0 Å². The number of ether oxygens (including phenoxy) is 1. The van der Waals surface area contributed by atoms with Crippen LogP contribution in [-0.4, -0.2) is 32.3 Å². The first-order valence-electron chi connectivity index (χ1n) is 9.20. The lowest BCUT2D eigenvalue weighted by Gasteiger charge is -2.24. The molecule has 0 bridgehead atoms. The van der Waals surface area contributed by atoms with Crippen molar-refractivity contribution in [2.75, 3.05) is 6.54 Å². The predicted molar refractivity (Wildman–Crippen MR) is 103 cm³/mol. The van der Waals surface area contributed by atoms with E-state index in [9.17, 15) is 9.59 Å². The Balaban J connectivity index is 1.49. The molecule has 1 fully saturated rings. The highest BCUT2D eigenvalue weighted by molar-refractivity contribution is 5.94. The van der Waals surface area contributed by atoms with Crippen molar-refractivity contribution in [2.45, 2.75) is 25.5 Å². The second-order valence-corrected chi connectivity index (χ2v) is 6.59. The summed E-state index contributed by atoms with van der Waals surface area (Å²) in [6, 6.07) is 14.8. The molecule has 1 atom stereocenters. The molecule has 1 N–H and O–H groups in total. The Morgan fingerprint density at radius 1 is 1.14 bits per heavy atom. The second kappa shape index (κ2) is 8.04. The first-order chi connectivity index (χ1) is 13.7. The summed E-state index contributed by atoms with van der Waals surface area (Å²) in [5.41, 5.74) is 0.412. The van der Waals surface area contributed by atoms with E-state index < -0.39 is 5.56 Å². The molecule has 7 nitrogen and oxygen atoms in total. The molecule has 0 spiro atoms. The number of nitrogens with zero attached hydrogens (tertiary/aromatic N) is 3. The Labute approximate surface area is 162 Å². The molecule has 1 saturated heterocycles. The molecule has 0 aliphatic carbocycles. The van der Waals surface area contributed by atoms with Gasteiger partial charge in [-0.1, -0.05) is 24.3 Å². The number of aromatic amines is 1. The van der Waals surface area contributed by atoms with Crippen molar-refractivity contribution < 1.29 is 9.53 Å². The molecular weight excluding hydrogens is 356 g/mol. The summed E-state index contributed by atoms with van der Waals surface area (Å²) in [6.45, 7) is 0.715. The number of carbonyl (C=O) groups excluding carboxylic acids is 1. The molecule has 4 rings (SSSR count). The van der Waals surface area contributed by atoms with Crippen LogP contribution < -0.4 is 10.3 Å². The predicted octanol–water partition coefficient (Wildman–Crippen LogP) is 2.72. The Morgan fingerprint density at radius 2 is 1.96 bits per heavy atom. The van der Waals surface area contributed by atoms with Crippen LogP contribution in [-0.2, 0) is 6.61 Å². The Bertz CT molecular complexity index is 1000. The molecule has 28 heavy (non-hydrogen) atoms. The third kappa shape index (κ3) is 3.78. The Hall–Kier alpha value is -3.48. The largest absolute Gasteiger partial charge is 0.486 e. The minimum Gasteiger partial charge on any atom is -0.486 e. The van der Waals surface area contributed by atoms with E-state index in [1.165, 1.54) is 6.20 Å². The first kappa shape index (κ1) is 17.9. The van der Waals surface area contributed by atoms with Crippen LogP contribution in [0.4, 0.5) is 0 Å². The molecule has 142 valence electrons. The molecule has 3 heterocycles. The topological polar surface area (TPSA) is 88.2 Å². The number of hydrogen-bond donors (Lipinski definition) is 1. The van der Waals surface area contributed by atoms with Crippen LogP contribution in [0.5, 0.6) is 5.75 Å². The van der Waals surface area contributed by atoms with Gasteiger partial charge < -0.3 is 14.6 Å². The van der Waals surface area contributed by atoms with E-state index in [1.54, 1.807) is 11.1 Å². The van der Waals surface area contributed by atoms with Gasteiger partial charge in [0.25, 0.3) is 11.5 Å². The summed E-state index contributed by atoms with van der Waals surface area (Å²) >= 11 is 0. The molecule has 1 amide bonds. The van der Waals surface area contributed by atoms with Crippen molar-refractivity contribution in [2.24, 2.45) is 0 Å². The van der Waals surface area contributed by atoms with Crippen molar-refractivity contribution >= 4 is 5.91 Å². The Morgan fingerprint density at radius 3 is 2.71 bits per heavy atom. The van der Waals surface area contributed by atoms with Crippen LogP contribution >= 0.6 is 0 Å². The van der Waals surface area contributed by atoms with Gasteiger partial charge in [0.2, 0.25) is 0 Å². The zero-order valence-corrected chi connectivity index (χ0v) is 15.2. The zero-order chi connectivity index (χ0) is 19.3. The normalized spacial score (nSPS) is 16.1. The van der Waals surface area contributed by atoms with Gasteiger partial charge in [-0.25, -0.2) is 4.98 Å². The maximum Gasteiger partial charge on any atom is 0.263 e. The van der Waals surface area contributed by atoms with Gasteiger partial charge in [-0.05, 0) is 37.1 Å². The molecule has 1 unspecified atom stereocenters. The quantitative estimate of drug-likeness (QED) is 0.740. The van der Waals surface area contributed by atoms with Crippen LogP contribution in [0, 0.1) is 0 Å². The number of rotatable bonds is 5. The van der Waals surface area contributed by atoms with Crippen LogP contribution in [0.25, 0.3) is 0 Å². The van der Waals surface area contributed by atoms with Gasteiger partial charge in [-0.3, -0.25) is 14.6 Å². The minimum atomic E-state index is -0.460. The molecular formula is C21H20N4O3. The highest BCUT2D eigenvalue weighted by Crippen LogP contribution is 2.31. The molecule has 0 radical (unpaired) electrons. The summed E-state index contributed by atoms with van der Waals surface area (Å²) in [5.74, 6) is 0.728. The van der Waals surface area contributed by atoms with E-state index in [1.807, 2.05) is 48.5 Å². The SMILES string of the molecule is O=C(c1cnc(COc2ccccc2)[nH]c1=O)N1CCCC1c1ccccn1. The maximum absolute atomic E-state index is 12.9. The number of para-hydroxylation sites is 1. The van der Waals surface area contributed by atoms with Crippen molar-refractivity contribution in [1.29, 1.82) is 0 Å². The summed E-state index contributed by atoms with van der Waals surface area (Å²) in [7, 11) is 0. The van der Waals surface area contributed by atoms with Gasteiger partial charge in [0.05, 0.1) is 11.7 Å². The van der Waals surface area contributed by atoms with Crippen molar-refractivity contribution in [1.82, 2.24) is 19.9 Å². The monoisotopic (exact) mass is 376 g/mol. The van der Waals surface area contributed by atoms with E-state index in [2.05, 4.69) is 15.0 Å². The molecule has 1 aliphatic rings. The van der Waals surface area contributed by atoms with Crippen molar-refractivity contribution in [3.8, 4) is 5.75 Å². The standard InChI is InChI=1S/C21H20N4O3/c26-20-16(13-23-19(24-20)14-28-15-7-2-1-3-8-15)21(27)25-12-6-10-18(25)17-9-4-5-11-22-17/h1-5,7-9,11,13,18H,6,10,12,14H2,(H,23,24,26). The maximum atomic E-state index is 12.9. The number of nitrogens with one attached hydrogen (secondary N) is 1. The number of carbonyl (C=O) groups is 1. The number of H-pyrrole nitrogens is 1. The summed E-state index contributed by atoms with van der Waals surface area (Å²) in [4.78, 5) is 38.3. The van der Waals surface area contributed by atoms with Gasteiger partial charge >= 0.3 is 0 Å². The first-order valence-corrected chi connectivity index (χ1v) is 9.20. The summed E-state index contributed by atoms with van der Waals surface area (Å²) in [6.07, 6.45) is 4.75. The third-order valence-corrected chi connectivity index (χ3v) is 4.74. The van der Waals surface area contributed by atoms with E-state index in [0.29, 0.717) is 18.1 Å². The van der Waals surface area contributed by atoms with Crippen molar-refractivity contribution in [3.05, 3.63) is 88.4 Å². The third-order valence-electron chi connectivity index (χ3n) is 4.74. The van der Waals surface area contributed by atoms with Gasteiger partial charge in [0.1, 0.15) is 23.7 Å². The Kier molecular flexibility index (Phi) is 5.14. The lowest BCUT2D eigenvalue weighted by Crippen LogP contribution is -2.35. The molecule has 0 saturated carbocycles. The van der Waals surface area contributed by atoms with Crippen LogP contribution in [0.1, 0.15) is 40.8 Å². The summed E-state index contributed by atoms with van der Waals surface area (Å²) < 4.78 is 5.59. The molecule has 3 aromatic rings. The fraction of sp³-hybridized carbons (Fsp3) is 0.238. The van der Waals surface area contributed by atoms with Gasteiger partial charge in [-0.2, -0.15) is 0 Å². The van der Waals surface area contributed by atoms with Gasteiger partial charge in [-0.15, -0.1) is 0 Å². The van der Waals surface area contributed by atoms with E-state index in [0.717, 1.165) is 18.5 Å². The number of pyridine rings is 1. The average molecular weight is 376 g/mol. The smallest absolute Gasteiger partial charge is 0.263 e. The van der Waals surface area contributed by atoms with Gasteiger partial charge in [0, 0.05) is 18.9 Å². The number of likely N-dealkylation sites (tertiary alicyclic amines) is 1. The number of hydrogen-bond acceptors (Lipinski definition) is 5. The molecule has 1 aromatic carbocycles. The van der Waals surface area contributed by atoms with Crippen LogP contribution in [0.2, 0.25) is 0 Å². The number of benzene rings is 1. The lowest BCUT2D eigenvalue weighted by atomic mass is 10.1. The van der Waals surface area contributed by atoms with Crippen LogP contribution in [0.3, 0.4) is 0 Å². The van der Waals surface area contributed by atoms with E-state index in [4.69, 9.17) is 4.74 Å². The lowest BCUT2D eigenvalue weighted by molar-refractivity contribution is 0.0730. The summed E-state index contributed by atoms with van der Waals surface area (Å²) in [5, 5.41) is 0. The fourth-order valence-electron chi connectivity index (χ4n) is 3.37.